The van der Waals surface area contributed by atoms with Crippen molar-refractivity contribution in [3.05, 3.63) is 52.7 Å². The summed E-state index contributed by atoms with van der Waals surface area (Å²) in [6, 6.07) is 8.47. The van der Waals surface area contributed by atoms with Gasteiger partial charge >= 0.3 is 0 Å². The normalized spacial score (nSPS) is 13.3. The number of pyridine rings is 1. The lowest BCUT2D eigenvalue weighted by Crippen LogP contribution is -2.03. The molecule has 0 bridgehead atoms. The van der Waals surface area contributed by atoms with Crippen LogP contribution in [0, 0.1) is 6.92 Å². The number of ether oxygens (including phenoxy) is 1. The van der Waals surface area contributed by atoms with E-state index in [-0.39, 0.29) is 0 Å². The van der Waals surface area contributed by atoms with Crippen molar-refractivity contribution in [3.63, 3.8) is 0 Å². The standard InChI is InChI=1S/C17H20N2O/c1-12-9-13(7-8-18)11-19-17(12)20-16-6-5-14-3-2-4-15(14)10-16/h5-6,9-11H,2-4,7-8,18H2,1H3. The Hall–Kier alpha value is -1.87. The van der Waals surface area contributed by atoms with Crippen LogP contribution in [0.25, 0.3) is 0 Å². The first kappa shape index (κ1) is 13.1. The largest absolute Gasteiger partial charge is 0.439 e. The molecule has 0 amide bonds. The number of hydrogen-bond donors (Lipinski definition) is 1. The van der Waals surface area contributed by atoms with Gasteiger partial charge in [-0.2, -0.15) is 0 Å². The van der Waals surface area contributed by atoms with E-state index in [1.54, 1.807) is 0 Å². The first-order valence-electron chi connectivity index (χ1n) is 7.21. The topological polar surface area (TPSA) is 48.1 Å². The van der Waals surface area contributed by atoms with E-state index >= 15 is 0 Å². The van der Waals surface area contributed by atoms with Crippen LogP contribution in [0.5, 0.6) is 11.6 Å². The highest BCUT2D eigenvalue weighted by Crippen LogP contribution is 2.29. The second-order valence-electron chi connectivity index (χ2n) is 5.39. The van der Waals surface area contributed by atoms with Crippen LogP contribution in [-0.4, -0.2) is 11.5 Å². The molecular formula is C17H20N2O. The number of aryl methyl sites for hydroxylation is 3. The van der Waals surface area contributed by atoms with E-state index < -0.39 is 0 Å². The molecule has 1 heterocycles. The number of rotatable bonds is 4. The molecule has 0 fully saturated rings. The van der Waals surface area contributed by atoms with Crippen molar-refractivity contribution in [2.45, 2.75) is 32.6 Å². The Morgan fingerprint density at radius 2 is 2.05 bits per heavy atom. The van der Waals surface area contributed by atoms with Gasteiger partial charge in [0.25, 0.3) is 0 Å². The number of benzene rings is 1. The van der Waals surface area contributed by atoms with Gasteiger partial charge in [-0.3, -0.25) is 0 Å². The molecule has 0 saturated carbocycles. The highest BCUT2D eigenvalue weighted by atomic mass is 16.5. The molecule has 3 heteroatoms. The first-order valence-corrected chi connectivity index (χ1v) is 7.21. The van der Waals surface area contributed by atoms with Crippen LogP contribution in [0.2, 0.25) is 0 Å². The van der Waals surface area contributed by atoms with E-state index in [1.165, 1.54) is 24.0 Å². The maximum absolute atomic E-state index is 5.93. The molecule has 0 atom stereocenters. The molecule has 1 aliphatic carbocycles. The van der Waals surface area contributed by atoms with Crippen LogP contribution >= 0.6 is 0 Å². The van der Waals surface area contributed by atoms with Crippen molar-refractivity contribution >= 4 is 0 Å². The van der Waals surface area contributed by atoms with E-state index in [9.17, 15) is 0 Å². The van der Waals surface area contributed by atoms with Gasteiger partial charge in [0, 0.05) is 11.8 Å². The third-order valence-corrected chi connectivity index (χ3v) is 3.80. The van der Waals surface area contributed by atoms with Crippen LogP contribution < -0.4 is 10.5 Å². The van der Waals surface area contributed by atoms with Gasteiger partial charge in [-0.1, -0.05) is 6.07 Å². The van der Waals surface area contributed by atoms with E-state index in [2.05, 4.69) is 23.2 Å². The Labute approximate surface area is 119 Å². The summed E-state index contributed by atoms with van der Waals surface area (Å²) >= 11 is 0. The summed E-state index contributed by atoms with van der Waals surface area (Å²) < 4.78 is 5.93. The van der Waals surface area contributed by atoms with E-state index in [4.69, 9.17) is 10.5 Å². The molecule has 3 rings (SSSR count). The third kappa shape index (κ3) is 2.68. The summed E-state index contributed by atoms with van der Waals surface area (Å²) in [4.78, 5) is 4.41. The Balaban J connectivity index is 1.80. The molecule has 0 radical (unpaired) electrons. The monoisotopic (exact) mass is 268 g/mol. The quantitative estimate of drug-likeness (QED) is 0.926. The van der Waals surface area contributed by atoms with Gasteiger partial charge in [0.05, 0.1) is 0 Å². The average Bonchev–Trinajstić information content (AvgIpc) is 2.90. The molecule has 1 aromatic heterocycles. The smallest absolute Gasteiger partial charge is 0.222 e. The number of nitrogens with zero attached hydrogens (tertiary/aromatic N) is 1. The Morgan fingerprint density at radius 3 is 2.85 bits per heavy atom. The van der Waals surface area contributed by atoms with Gasteiger partial charge in [-0.25, -0.2) is 4.98 Å². The van der Waals surface area contributed by atoms with Gasteiger partial charge in [-0.05, 0) is 74.0 Å². The molecule has 104 valence electrons. The maximum Gasteiger partial charge on any atom is 0.222 e. The average molecular weight is 268 g/mol. The van der Waals surface area contributed by atoms with E-state index in [1.807, 2.05) is 19.2 Å². The number of aromatic nitrogens is 1. The minimum absolute atomic E-state index is 0.645. The van der Waals surface area contributed by atoms with Crippen LogP contribution in [0.3, 0.4) is 0 Å². The zero-order valence-electron chi connectivity index (χ0n) is 11.9. The lowest BCUT2D eigenvalue weighted by atomic mass is 10.1. The SMILES string of the molecule is Cc1cc(CCN)cnc1Oc1ccc2c(c1)CCC2. The van der Waals surface area contributed by atoms with E-state index in [0.717, 1.165) is 29.7 Å². The maximum atomic E-state index is 5.93. The fraction of sp³-hybridized carbons (Fsp3) is 0.353. The highest BCUT2D eigenvalue weighted by Gasteiger charge is 2.12. The minimum atomic E-state index is 0.645. The molecule has 2 aromatic rings. The Bertz CT molecular complexity index is 622. The summed E-state index contributed by atoms with van der Waals surface area (Å²) in [5.41, 5.74) is 10.7. The second-order valence-corrected chi connectivity index (χ2v) is 5.39. The zero-order valence-corrected chi connectivity index (χ0v) is 11.9. The fourth-order valence-corrected chi connectivity index (χ4v) is 2.75. The zero-order chi connectivity index (χ0) is 13.9. The van der Waals surface area contributed by atoms with E-state index in [0.29, 0.717) is 12.4 Å². The molecule has 1 aromatic carbocycles. The highest BCUT2D eigenvalue weighted by molar-refractivity contribution is 5.41. The summed E-state index contributed by atoms with van der Waals surface area (Å²) in [5, 5.41) is 0. The fourth-order valence-electron chi connectivity index (χ4n) is 2.75. The van der Waals surface area contributed by atoms with Gasteiger partial charge in [0.1, 0.15) is 5.75 Å². The molecule has 0 spiro atoms. The van der Waals surface area contributed by atoms with Crippen LogP contribution in [0.4, 0.5) is 0 Å². The first-order chi connectivity index (χ1) is 9.76. The molecule has 3 nitrogen and oxygen atoms in total. The Morgan fingerprint density at radius 1 is 1.20 bits per heavy atom. The molecule has 2 N–H and O–H groups in total. The van der Waals surface area contributed by atoms with Crippen molar-refractivity contribution in [2.24, 2.45) is 5.73 Å². The summed E-state index contributed by atoms with van der Waals surface area (Å²) in [6.45, 7) is 2.67. The summed E-state index contributed by atoms with van der Waals surface area (Å²) in [6.07, 6.45) is 6.31. The van der Waals surface area contributed by atoms with Gasteiger partial charge < -0.3 is 10.5 Å². The minimum Gasteiger partial charge on any atom is -0.439 e. The number of nitrogens with two attached hydrogens (primary N) is 1. The Kier molecular flexibility index (Phi) is 3.70. The van der Waals surface area contributed by atoms with Crippen molar-refractivity contribution in [3.8, 4) is 11.6 Å². The van der Waals surface area contributed by atoms with Crippen LogP contribution in [0.15, 0.2) is 30.5 Å². The van der Waals surface area contributed by atoms with Gasteiger partial charge in [0.15, 0.2) is 0 Å². The molecule has 20 heavy (non-hydrogen) atoms. The summed E-state index contributed by atoms with van der Waals surface area (Å²) in [5.74, 6) is 1.57. The molecular weight excluding hydrogens is 248 g/mol. The summed E-state index contributed by atoms with van der Waals surface area (Å²) in [7, 11) is 0. The van der Waals surface area contributed by atoms with Crippen molar-refractivity contribution in [2.75, 3.05) is 6.54 Å². The van der Waals surface area contributed by atoms with Crippen molar-refractivity contribution in [1.29, 1.82) is 0 Å². The van der Waals surface area contributed by atoms with Crippen LogP contribution in [-0.2, 0) is 19.3 Å². The number of fused-ring (bicyclic) bond motifs is 1. The molecule has 0 aliphatic heterocycles. The van der Waals surface area contributed by atoms with Crippen molar-refractivity contribution in [1.82, 2.24) is 4.98 Å². The predicted molar refractivity (Wildman–Crippen MR) is 80.3 cm³/mol. The lowest BCUT2D eigenvalue weighted by Gasteiger charge is -2.10. The van der Waals surface area contributed by atoms with Gasteiger partial charge in [-0.15, -0.1) is 0 Å². The molecule has 0 unspecified atom stereocenters. The predicted octanol–water partition coefficient (Wildman–Crippen LogP) is 3.17. The second kappa shape index (κ2) is 5.63. The lowest BCUT2D eigenvalue weighted by molar-refractivity contribution is 0.458. The van der Waals surface area contributed by atoms with Crippen LogP contribution in [0.1, 0.15) is 28.7 Å². The number of hydrogen-bond acceptors (Lipinski definition) is 3. The third-order valence-electron chi connectivity index (χ3n) is 3.80. The van der Waals surface area contributed by atoms with Crippen molar-refractivity contribution < 1.29 is 4.74 Å². The molecule has 0 saturated heterocycles. The van der Waals surface area contributed by atoms with Gasteiger partial charge in [0.2, 0.25) is 5.88 Å². The molecule has 1 aliphatic rings.